The van der Waals surface area contributed by atoms with Crippen LogP contribution in [0, 0.1) is 23.7 Å². The second kappa shape index (κ2) is 16.6. The fourth-order valence-corrected chi connectivity index (χ4v) is 7.35. The third kappa shape index (κ3) is 8.52. The van der Waals surface area contributed by atoms with E-state index in [2.05, 4.69) is 51.4 Å². The van der Waals surface area contributed by atoms with Crippen molar-refractivity contribution in [3.8, 4) is 23.7 Å². The number of hydrogen-bond donors (Lipinski definition) is 2. The number of thioether (sulfide) groups is 4. The second-order valence-electron chi connectivity index (χ2n) is 9.75. The maximum Gasteiger partial charge on any atom is 0.177 e. The van der Waals surface area contributed by atoms with E-state index in [0.717, 1.165) is 42.6 Å². The second-order valence-corrected chi connectivity index (χ2v) is 15.1. The Morgan fingerprint density at radius 3 is 0.795 bits per heavy atom. The first-order valence-electron chi connectivity index (χ1n) is 14.8. The van der Waals surface area contributed by atoms with Crippen molar-refractivity contribution in [3.05, 3.63) is 119 Å². The third-order valence-electron chi connectivity index (χ3n) is 6.88. The van der Waals surface area contributed by atoms with Gasteiger partial charge in [0.15, 0.2) is 11.2 Å². The summed E-state index contributed by atoms with van der Waals surface area (Å²) >= 11 is 7.01. The Kier molecular flexibility index (Phi) is 12.9. The van der Waals surface area contributed by atoms with Gasteiger partial charge in [-0.3, -0.25) is 0 Å². The first kappa shape index (κ1) is 34.2. The average Bonchev–Trinajstić information content (AvgIpc) is 3.05. The lowest BCUT2D eigenvalue weighted by Crippen LogP contribution is -2.26. The summed E-state index contributed by atoms with van der Waals surface area (Å²) in [4.78, 5) is 4.55. The molecule has 0 heterocycles. The van der Waals surface area contributed by atoms with Crippen LogP contribution in [0.5, 0.6) is 0 Å². The van der Waals surface area contributed by atoms with Gasteiger partial charge in [0.2, 0.25) is 0 Å². The molecule has 4 aromatic carbocycles. The van der Waals surface area contributed by atoms with Crippen molar-refractivity contribution in [1.29, 1.82) is 0 Å². The molecule has 6 heteroatoms. The van der Waals surface area contributed by atoms with E-state index in [1.165, 1.54) is 0 Å². The van der Waals surface area contributed by atoms with Crippen molar-refractivity contribution < 1.29 is 10.2 Å². The highest BCUT2D eigenvalue weighted by Gasteiger charge is 2.31. The van der Waals surface area contributed by atoms with Crippen molar-refractivity contribution in [2.24, 2.45) is 0 Å². The molecule has 0 aromatic heterocycles. The molecule has 0 saturated heterocycles. The van der Waals surface area contributed by atoms with Crippen LogP contribution < -0.4 is 0 Å². The molecule has 0 unspecified atom stereocenters. The van der Waals surface area contributed by atoms with E-state index in [9.17, 15) is 10.2 Å². The largest absolute Gasteiger partial charge is 0.369 e. The predicted octanol–water partition coefficient (Wildman–Crippen LogP) is 9.31. The van der Waals surface area contributed by atoms with Crippen molar-refractivity contribution in [1.82, 2.24) is 0 Å². The van der Waals surface area contributed by atoms with Gasteiger partial charge >= 0.3 is 0 Å². The fraction of sp³-hybridized carbons (Fsp3) is 0.263. The minimum Gasteiger partial charge on any atom is -0.369 e. The molecule has 0 aliphatic rings. The summed E-state index contributed by atoms with van der Waals surface area (Å²) in [7, 11) is 0. The zero-order valence-corrected chi connectivity index (χ0v) is 28.9. The van der Waals surface area contributed by atoms with Crippen LogP contribution in [0.2, 0.25) is 0 Å². The first-order valence-corrected chi connectivity index (χ1v) is 18.7. The van der Waals surface area contributed by atoms with Crippen LogP contribution >= 0.6 is 47.0 Å². The van der Waals surface area contributed by atoms with Crippen LogP contribution in [0.4, 0.5) is 0 Å². The molecule has 0 aliphatic carbocycles. The van der Waals surface area contributed by atoms with E-state index in [1.807, 2.05) is 97.1 Å². The van der Waals surface area contributed by atoms with Gasteiger partial charge in [-0.25, -0.2) is 0 Å². The molecule has 44 heavy (non-hydrogen) atoms. The number of rotatable bonds is 12. The van der Waals surface area contributed by atoms with Crippen LogP contribution in [0.3, 0.4) is 0 Å². The van der Waals surface area contributed by atoms with E-state index < -0.39 is 11.2 Å². The molecule has 0 atom stereocenters. The predicted molar refractivity (Wildman–Crippen MR) is 193 cm³/mol. The molecule has 0 bridgehead atoms. The molecule has 4 aromatic rings. The molecule has 0 saturated carbocycles. The molecule has 0 aliphatic heterocycles. The highest BCUT2D eigenvalue weighted by Crippen LogP contribution is 2.34. The van der Waals surface area contributed by atoms with Gasteiger partial charge < -0.3 is 10.2 Å². The van der Waals surface area contributed by atoms with Crippen LogP contribution in [0.1, 0.15) is 49.9 Å². The quantitative estimate of drug-likeness (QED) is 0.117. The summed E-state index contributed by atoms with van der Waals surface area (Å²) < 4.78 is 0. The molecule has 226 valence electrons. The zero-order chi connectivity index (χ0) is 31.4. The molecule has 0 amide bonds. The molecular formula is C38H38O2S4. The lowest BCUT2D eigenvalue weighted by molar-refractivity contribution is 0.144. The molecule has 0 fully saturated rings. The smallest absolute Gasteiger partial charge is 0.177 e. The summed E-state index contributed by atoms with van der Waals surface area (Å²) in [6.07, 6.45) is 0. The summed E-state index contributed by atoms with van der Waals surface area (Å²) in [5.74, 6) is 15.8. The molecule has 2 N–H and O–H groups in total. The van der Waals surface area contributed by atoms with Crippen LogP contribution in [0.25, 0.3) is 0 Å². The first-order chi connectivity index (χ1) is 21.4. The normalized spacial score (nSPS) is 11.3. The lowest BCUT2D eigenvalue weighted by atomic mass is 9.86. The van der Waals surface area contributed by atoms with Gasteiger partial charge in [0.25, 0.3) is 0 Å². The van der Waals surface area contributed by atoms with E-state index in [-0.39, 0.29) is 0 Å². The van der Waals surface area contributed by atoms with E-state index in [0.29, 0.717) is 22.3 Å². The number of hydrogen-bond acceptors (Lipinski definition) is 6. The summed E-state index contributed by atoms with van der Waals surface area (Å²) in [6.45, 7) is 8.47. The lowest BCUT2D eigenvalue weighted by Gasteiger charge is -2.24. The average molecular weight is 655 g/mol. The monoisotopic (exact) mass is 654 g/mol. The zero-order valence-electron chi connectivity index (χ0n) is 25.6. The van der Waals surface area contributed by atoms with Gasteiger partial charge in [0, 0.05) is 41.8 Å². The van der Waals surface area contributed by atoms with Gasteiger partial charge in [-0.15, -0.1) is 47.0 Å². The Hall–Kier alpha value is -2.68. The van der Waals surface area contributed by atoms with E-state index in [1.54, 1.807) is 47.0 Å². The topological polar surface area (TPSA) is 40.5 Å². The van der Waals surface area contributed by atoms with Crippen LogP contribution in [0.15, 0.2) is 117 Å². The molecular weight excluding hydrogens is 617 g/mol. The Labute approximate surface area is 280 Å². The Morgan fingerprint density at radius 1 is 0.409 bits per heavy atom. The summed E-state index contributed by atoms with van der Waals surface area (Å²) in [5.41, 5.74) is -0.457. The molecule has 0 radical (unpaired) electrons. The third-order valence-corrected chi connectivity index (χ3v) is 10.5. The number of benzene rings is 4. The van der Waals surface area contributed by atoms with Gasteiger partial charge in [-0.2, -0.15) is 0 Å². The standard InChI is InChI=1S/C38H38O2S4/c1-5-41-33-19-11-29(12-20-33)37(39,30-13-21-34(22-14-30)42-6-2)27-9-10-28-38(40,31-15-23-35(24-16-31)43-7-3)32-17-25-36(26-18-32)44-8-4/h11-26,39-40H,5-8H2,1-4H3. The molecule has 2 nitrogen and oxygen atoms in total. The van der Waals surface area contributed by atoms with Crippen molar-refractivity contribution >= 4 is 47.0 Å². The van der Waals surface area contributed by atoms with Gasteiger partial charge in [0.05, 0.1) is 0 Å². The summed E-state index contributed by atoms with van der Waals surface area (Å²) in [6, 6.07) is 31.6. The van der Waals surface area contributed by atoms with Crippen molar-refractivity contribution in [2.75, 3.05) is 23.0 Å². The SMILES string of the molecule is CCSc1ccc(C(O)(C#CC#CC(O)(c2ccc(SCC)cc2)c2ccc(SCC)cc2)c2ccc(SCC)cc2)cc1. The van der Waals surface area contributed by atoms with Gasteiger partial charge in [-0.1, -0.05) is 76.2 Å². The molecule has 4 rings (SSSR count). The van der Waals surface area contributed by atoms with Gasteiger partial charge in [0.1, 0.15) is 0 Å². The van der Waals surface area contributed by atoms with E-state index in [4.69, 9.17) is 0 Å². The highest BCUT2D eigenvalue weighted by molar-refractivity contribution is 8.00. The number of aliphatic hydroxyl groups is 2. The van der Waals surface area contributed by atoms with Crippen molar-refractivity contribution in [2.45, 2.75) is 58.5 Å². The molecule has 0 spiro atoms. The Bertz CT molecular complexity index is 1380. The van der Waals surface area contributed by atoms with Crippen LogP contribution in [-0.2, 0) is 11.2 Å². The maximum absolute atomic E-state index is 12.1. The van der Waals surface area contributed by atoms with Gasteiger partial charge in [-0.05, 0) is 95.2 Å². The minimum absolute atomic E-state index is 0.673. The summed E-state index contributed by atoms with van der Waals surface area (Å²) in [5, 5.41) is 24.2. The Morgan fingerprint density at radius 2 is 0.614 bits per heavy atom. The maximum atomic E-state index is 12.1. The van der Waals surface area contributed by atoms with E-state index >= 15 is 0 Å². The van der Waals surface area contributed by atoms with Crippen LogP contribution in [-0.4, -0.2) is 33.2 Å². The van der Waals surface area contributed by atoms with Crippen molar-refractivity contribution in [3.63, 3.8) is 0 Å². The fourth-order valence-electron chi connectivity index (χ4n) is 4.70. The Balaban J connectivity index is 1.77. The highest BCUT2D eigenvalue weighted by atomic mass is 32.2. The minimum atomic E-state index is -1.57.